The van der Waals surface area contributed by atoms with Crippen LogP contribution in [0.25, 0.3) is 0 Å². The Kier molecular flexibility index (Phi) is 9.77. The first-order valence-electron chi connectivity index (χ1n) is 8.49. The number of hydrogen-bond acceptors (Lipinski definition) is 13. The topological polar surface area (TPSA) is 173 Å². The Balaban J connectivity index is 0.000000262. The van der Waals surface area contributed by atoms with Crippen molar-refractivity contribution >= 4 is 34.1 Å². The van der Waals surface area contributed by atoms with Gasteiger partial charge in [-0.1, -0.05) is 28.9 Å². The number of hydroxylamine groups is 1. The molecule has 4 N–H and O–H groups in total. The lowest BCUT2D eigenvalue weighted by atomic mass is 10.1. The average molecular weight is 476 g/mol. The quantitative estimate of drug-likeness (QED) is 0.117. The number of nitrogens with one attached hydrogen (secondary N) is 2. The molecule has 0 radical (unpaired) electrons. The normalized spacial score (nSPS) is 12.0. The third kappa shape index (κ3) is 6.68. The van der Waals surface area contributed by atoms with Crippen molar-refractivity contribution in [3.8, 4) is 11.8 Å². The van der Waals surface area contributed by atoms with E-state index in [9.17, 15) is 5.21 Å². The zero-order valence-corrected chi connectivity index (χ0v) is 17.8. The molecule has 13 nitrogen and oxygen atoms in total. The lowest BCUT2D eigenvalue weighted by Gasteiger charge is -2.16. The van der Waals surface area contributed by atoms with Crippen molar-refractivity contribution in [3.63, 3.8) is 0 Å². The number of anilines is 1. The first-order chi connectivity index (χ1) is 15.1. The van der Waals surface area contributed by atoms with Crippen molar-refractivity contribution in [1.82, 2.24) is 26.1 Å². The van der Waals surface area contributed by atoms with Crippen LogP contribution in [-0.2, 0) is 6.42 Å². The van der Waals surface area contributed by atoms with Gasteiger partial charge in [-0.25, -0.2) is 9.26 Å². The summed E-state index contributed by atoms with van der Waals surface area (Å²) < 4.78 is 18.5. The fraction of sp³-hybridized carbons (Fsp3) is 0.312. The van der Waals surface area contributed by atoms with Crippen LogP contribution in [0.1, 0.15) is 23.1 Å². The van der Waals surface area contributed by atoms with Crippen molar-refractivity contribution in [2.45, 2.75) is 12.6 Å². The Morgan fingerprint density at radius 3 is 2.52 bits per heavy atom. The minimum absolute atomic E-state index is 0.0664. The summed E-state index contributed by atoms with van der Waals surface area (Å²) in [5.74, 6) is 0.820. The number of aromatic nitrogens is 4. The standard InChI is InChI=1S/C12H15ClN4O3.C4H4ClN3O3/c1-19-12-10(16-20-17-12)11(15-18)14-9-4-2-3-8(7-9)5-6-13;1-10-4-2(3(5)6-9)7-11-8-4/h2-4,7,11,14-15,18H,5-6H2,1H3;9H,1H3/b;6-3-. The van der Waals surface area contributed by atoms with Crippen LogP contribution in [0.5, 0.6) is 11.8 Å². The molecule has 168 valence electrons. The highest BCUT2D eigenvalue weighted by Gasteiger charge is 2.21. The highest BCUT2D eigenvalue weighted by Crippen LogP contribution is 2.23. The van der Waals surface area contributed by atoms with E-state index in [1.165, 1.54) is 14.2 Å². The third-order valence-corrected chi connectivity index (χ3v) is 4.08. The Morgan fingerprint density at radius 1 is 1.16 bits per heavy atom. The van der Waals surface area contributed by atoms with Crippen LogP contribution < -0.4 is 20.3 Å². The smallest absolute Gasteiger partial charge is 0.286 e. The predicted molar refractivity (Wildman–Crippen MR) is 108 cm³/mol. The number of benzene rings is 1. The van der Waals surface area contributed by atoms with Gasteiger partial charge < -0.3 is 25.2 Å². The van der Waals surface area contributed by atoms with E-state index < -0.39 is 6.17 Å². The van der Waals surface area contributed by atoms with Crippen LogP contribution in [0, 0.1) is 0 Å². The second kappa shape index (κ2) is 12.5. The maximum atomic E-state index is 9.25. The summed E-state index contributed by atoms with van der Waals surface area (Å²) in [6.07, 6.45) is 0.0609. The number of oxime groups is 1. The molecule has 0 saturated carbocycles. The molecule has 0 amide bonds. The van der Waals surface area contributed by atoms with E-state index >= 15 is 0 Å². The van der Waals surface area contributed by atoms with Gasteiger partial charge in [-0.2, -0.15) is 5.48 Å². The van der Waals surface area contributed by atoms with Gasteiger partial charge in [-0.05, 0) is 44.7 Å². The van der Waals surface area contributed by atoms with Crippen molar-refractivity contribution in [2.24, 2.45) is 5.16 Å². The van der Waals surface area contributed by atoms with Gasteiger partial charge in [0.2, 0.25) is 10.9 Å². The number of ether oxygens (including phenoxy) is 2. The van der Waals surface area contributed by atoms with E-state index in [0.717, 1.165) is 17.7 Å². The second-order valence-corrected chi connectivity index (χ2v) is 6.25. The van der Waals surface area contributed by atoms with E-state index in [0.29, 0.717) is 11.6 Å². The number of hydrogen-bond donors (Lipinski definition) is 4. The number of methoxy groups -OCH3 is 2. The van der Waals surface area contributed by atoms with E-state index in [2.05, 4.69) is 50.6 Å². The van der Waals surface area contributed by atoms with Crippen LogP contribution >= 0.6 is 23.2 Å². The van der Waals surface area contributed by atoms with E-state index in [1.54, 1.807) is 0 Å². The summed E-state index contributed by atoms with van der Waals surface area (Å²) >= 11 is 11.1. The SMILES string of the molecule is COc1nonc1/C(Cl)=N/O.COc1nonc1C(NO)Nc1cccc(CCCl)c1. The molecule has 1 aromatic carbocycles. The molecule has 0 aliphatic rings. The van der Waals surface area contributed by atoms with E-state index in [4.69, 9.17) is 33.1 Å². The van der Waals surface area contributed by atoms with Crippen LogP contribution in [0.4, 0.5) is 5.69 Å². The number of alkyl halides is 1. The van der Waals surface area contributed by atoms with E-state index in [-0.39, 0.29) is 22.6 Å². The molecule has 2 heterocycles. The summed E-state index contributed by atoms with van der Waals surface area (Å²) in [5, 5.41) is 36.9. The molecule has 0 fully saturated rings. The highest BCUT2D eigenvalue weighted by atomic mass is 35.5. The second-order valence-electron chi connectivity index (χ2n) is 5.52. The molecule has 0 bridgehead atoms. The Morgan fingerprint density at radius 2 is 1.87 bits per heavy atom. The maximum absolute atomic E-state index is 9.25. The van der Waals surface area contributed by atoms with Gasteiger partial charge in [0.25, 0.3) is 11.8 Å². The van der Waals surface area contributed by atoms with E-state index in [1.807, 2.05) is 24.3 Å². The maximum Gasteiger partial charge on any atom is 0.286 e. The molecule has 1 unspecified atom stereocenters. The lowest BCUT2D eigenvalue weighted by Crippen LogP contribution is -2.26. The minimum Gasteiger partial charge on any atom is -0.477 e. The first kappa shape index (κ1) is 24.1. The molecule has 0 spiro atoms. The first-order valence-corrected chi connectivity index (χ1v) is 9.41. The number of nitrogens with zero attached hydrogens (tertiary/aromatic N) is 5. The number of rotatable bonds is 9. The molecule has 0 aliphatic heterocycles. The molecular formula is C16H19Cl2N7O6. The van der Waals surface area contributed by atoms with Crippen molar-refractivity contribution < 1.29 is 29.1 Å². The molecule has 3 rings (SSSR count). The Bertz CT molecular complexity index is 967. The fourth-order valence-corrected chi connectivity index (χ4v) is 2.58. The summed E-state index contributed by atoms with van der Waals surface area (Å²) in [6.45, 7) is 0. The van der Waals surface area contributed by atoms with Gasteiger partial charge in [0, 0.05) is 11.6 Å². The molecule has 31 heavy (non-hydrogen) atoms. The monoisotopic (exact) mass is 475 g/mol. The summed E-state index contributed by atoms with van der Waals surface area (Å²) in [6, 6.07) is 7.68. The zero-order chi connectivity index (χ0) is 22.6. The molecule has 15 heteroatoms. The van der Waals surface area contributed by atoms with Gasteiger partial charge in [0.1, 0.15) is 0 Å². The van der Waals surface area contributed by atoms with Crippen LogP contribution in [0.15, 0.2) is 38.7 Å². The van der Waals surface area contributed by atoms with Crippen molar-refractivity contribution in [2.75, 3.05) is 25.4 Å². The van der Waals surface area contributed by atoms with Gasteiger partial charge in [-0.3, -0.25) is 0 Å². The summed E-state index contributed by atoms with van der Waals surface area (Å²) in [5.41, 5.74) is 4.37. The van der Waals surface area contributed by atoms with Gasteiger partial charge >= 0.3 is 0 Å². The number of aryl methyl sites for hydroxylation is 1. The lowest BCUT2D eigenvalue weighted by molar-refractivity contribution is 0.132. The zero-order valence-electron chi connectivity index (χ0n) is 16.3. The fourth-order valence-electron chi connectivity index (χ4n) is 2.25. The highest BCUT2D eigenvalue weighted by molar-refractivity contribution is 6.69. The minimum atomic E-state index is -0.706. The largest absolute Gasteiger partial charge is 0.477 e. The van der Waals surface area contributed by atoms with Gasteiger partial charge in [-0.15, -0.1) is 11.6 Å². The Labute approximate surface area is 185 Å². The molecular weight excluding hydrogens is 457 g/mol. The van der Waals surface area contributed by atoms with Gasteiger partial charge in [0.15, 0.2) is 11.9 Å². The van der Waals surface area contributed by atoms with Crippen molar-refractivity contribution in [1.29, 1.82) is 0 Å². The molecule has 3 aromatic rings. The summed E-state index contributed by atoms with van der Waals surface area (Å²) in [7, 11) is 2.81. The molecule has 2 aromatic heterocycles. The number of halogens is 2. The van der Waals surface area contributed by atoms with Crippen LogP contribution in [0.2, 0.25) is 0 Å². The average Bonchev–Trinajstić information content (AvgIpc) is 3.47. The third-order valence-electron chi connectivity index (χ3n) is 3.63. The predicted octanol–water partition coefficient (Wildman–Crippen LogP) is 2.40. The van der Waals surface area contributed by atoms with Gasteiger partial charge in [0.05, 0.1) is 14.2 Å². The molecule has 0 aliphatic carbocycles. The van der Waals surface area contributed by atoms with Crippen molar-refractivity contribution in [3.05, 3.63) is 41.2 Å². The molecule has 1 atom stereocenters. The summed E-state index contributed by atoms with van der Waals surface area (Å²) in [4.78, 5) is 0. The van der Waals surface area contributed by atoms with Crippen LogP contribution in [-0.4, -0.2) is 56.3 Å². The van der Waals surface area contributed by atoms with Crippen LogP contribution in [0.3, 0.4) is 0 Å². The Hall–Kier alpha value is -3.13. The molecule has 0 saturated heterocycles.